The number of allylic oxidation sites excluding steroid dienone is 1. The average Bonchev–Trinajstić information content (AvgIpc) is 2.91. The molecule has 25 heavy (non-hydrogen) atoms. The Labute approximate surface area is 153 Å². The molecule has 0 spiro atoms. The third-order valence-corrected chi connectivity index (χ3v) is 5.94. The van der Waals surface area contributed by atoms with E-state index < -0.39 is 0 Å². The van der Waals surface area contributed by atoms with E-state index >= 15 is 0 Å². The van der Waals surface area contributed by atoms with Crippen molar-refractivity contribution < 1.29 is 14.3 Å². The number of morpholine rings is 1. The lowest BCUT2D eigenvalue weighted by atomic mass is 9.75. The zero-order valence-corrected chi connectivity index (χ0v) is 16.2. The minimum atomic E-state index is -0.103. The quantitative estimate of drug-likeness (QED) is 0.609. The Bertz CT molecular complexity index is 712. The Morgan fingerprint density at radius 1 is 1.24 bits per heavy atom. The van der Waals surface area contributed by atoms with Gasteiger partial charge in [-0.2, -0.15) is 0 Å². The topological polar surface area (TPSA) is 49.9 Å². The van der Waals surface area contributed by atoms with Gasteiger partial charge in [-0.05, 0) is 17.4 Å². The zero-order valence-electron chi connectivity index (χ0n) is 15.4. The number of thiophene rings is 1. The van der Waals surface area contributed by atoms with Crippen molar-refractivity contribution in [2.24, 2.45) is 5.41 Å². The number of carbonyl (C=O) groups excluding carboxylic acids is 2. The number of anilines is 1. The number of hydrogen-bond donors (Lipinski definition) is 0. The third-order valence-electron chi connectivity index (χ3n) is 4.60. The van der Waals surface area contributed by atoms with Crippen LogP contribution in [-0.4, -0.2) is 56.9 Å². The zero-order chi connectivity index (χ0) is 18.2. The molecule has 1 saturated heterocycles. The molecule has 0 bridgehead atoms. The van der Waals surface area contributed by atoms with E-state index in [1.54, 1.807) is 12.3 Å². The highest BCUT2D eigenvalue weighted by molar-refractivity contribution is 7.18. The maximum absolute atomic E-state index is 13.0. The molecule has 2 heterocycles. The predicted molar refractivity (Wildman–Crippen MR) is 101 cm³/mol. The highest BCUT2D eigenvalue weighted by Gasteiger charge is 2.37. The molecule has 0 aromatic carbocycles. The van der Waals surface area contributed by atoms with Gasteiger partial charge in [0.15, 0.2) is 11.6 Å². The van der Waals surface area contributed by atoms with E-state index in [4.69, 9.17) is 4.74 Å². The van der Waals surface area contributed by atoms with Gasteiger partial charge in [-0.1, -0.05) is 13.8 Å². The van der Waals surface area contributed by atoms with Gasteiger partial charge in [-0.15, -0.1) is 11.3 Å². The molecule has 1 fully saturated rings. The van der Waals surface area contributed by atoms with E-state index in [0.29, 0.717) is 19.6 Å². The number of hydrogen-bond acceptors (Lipinski definition) is 6. The first-order valence-corrected chi connectivity index (χ1v) is 9.51. The minimum absolute atomic E-state index is 0.0156. The fraction of sp³-hybridized carbons (Fsp3) is 0.579. The molecule has 1 aromatic heterocycles. The SMILES string of the molecule is CN(C)C=CC(=O)c1c(N2CCOCC2)sc2c1CC(C)(C)CC2=O. The number of ether oxygens (including phenoxy) is 1. The summed E-state index contributed by atoms with van der Waals surface area (Å²) in [6, 6.07) is 0. The molecule has 3 rings (SSSR count). The fourth-order valence-corrected chi connectivity index (χ4v) is 4.76. The first-order valence-electron chi connectivity index (χ1n) is 8.69. The van der Waals surface area contributed by atoms with Crippen molar-refractivity contribution in [3.05, 3.63) is 28.3 Å². The maximum Gasteiger partial charge on any atom is 0.190 e. The molecule has 0 atom stereocenters. The molecule has 2 aliphatic rings. The van der Waals surface area contributed by atoms with E-state index in [-0.39, 0.29) is 17.0 Å². The van der Waals surface area contributed by atoms with Crippen LogP contribution >= 0.6 is 11.3 Å². The Morgan fingerprint density at radius 3 is 2.56 bits per heavy atom. The molecule has 6 heteroatoms. The van der Waals surface area contributed by atoms with Crippen molar-refractivity contribution in [3.63, 3.8) is 0 Å². The Balaban J connectivity index is 2.08. The molecule has 1 aromatic rings. The number of rotatable bonds is 4. The number of carbonyl (C=O) groups is 2. The Hall–Kier alpha value is -1.66. The largest absolute Gasteiger partial charge is 0.383 e. The normalized spacial score (nSPS) is 20.0. The van der Waals surface area contributed by atoms with Gasteiger partial charge in [-0.25, -0.2) is 0 Å². The summed E-state index contributed by atoms with van der Waals surface area (Å²) < 4.78 is 5.45. The van der Waals surface area contributed by atoms with Crippen molar-refractivity contribution in [3.8, 4) is 0 Å². The lowest BCUT2D eigenvalue weighted by Crippen LogP contribution is -2.36. The smallest absolute Gasteiger partial charge is 0.190 e. The molecule has 0 radical (unpaired) electrons. The molecule has 136 valence electrons. The molecular weight excluding hydrogens is 336 g/mol. The summed E-state index contributed by atoms with van der Waals surface area (Å²) in [6.45, 7) is 7.03. The van der Waals surface area contributed by atoms with Crippen molar-refractivity contribution in [2.75, 3.05) is 45.3 Å². The van der Waals surface area contributed by atoms with Gasteiger partial charge >= 0.3 is 0 Å². The van der Waals surface area contributed by atoms with Crippen LogP contribution in [0.25, 0.3) is 0 Å². The second-order valence-corrected chi connectivity index (χ2v) is 8.77. The summed E-state index contributed by atoms with van der Waals surface area (Å²) in [5.41, 5.74) is 1.57. The Kier molecular flexibility index (Phi) is 5.02. The van der Waals surface area contributed by atoms with Gasteiger partial charge < -0.3 is 14.5 Å². The summed E-state index contributed by atoms with van der Waals surface area (Å²) in [7, 11) is 3.78. The first kappa shape index (κ1) is 18.1. The van der Waals surface area contributed by atoms with Crippen LogP contribution in [0.3, 0.4) is 0 Å². The van der Waals surface area contributed by atoms with Crippen LogP contribution in [0.1, 0.15) is 45.9 Å². The van der Waals surface area contributed by atoms with E-state index in [1.807, 2.05) is 19.0 Å². The second kappa shape index (κ2) is 6.92. The lowest BCUT2D eigenvalue weighted by Gasteiger charge is -2.29. The van der Waals surface area contributed by atoms with Crippen molar-refractivity contribution >= 4 is 27.9 Å². The number of Topliss-reactive ketones (excluding diaryl/α,β-unsaturated/α-hetero) is 1. The molecular formula is C19H26N2O3S. The summed E-state index contributed by atoms with van der Waals surface area (Å²) in [5.74, 6) is 0.152. The van der Waals surface area contributed by atoms with Crippen molar-refractivity contribution in [1.82, 2.24) is 4.90 Å². The predicted octanol–water partition coefficient (Wildman–Crippen LogP) is 3.00. The van der Waals surface area contributed by atoms with Crippen LogP contribution in [0.4, 0.5) is 5.00 Å². The average molecular weight is 362 g/mol. The van der Waals surface area contributed by atoms with Crippen LogP contribution in [0.2, 0.25) is 0 Å². The molecule has 1 aliphatic carbocycles. The Morgan fingerprint density at radius 2 is 1.92 bits per heavy atom. The van der Waals surface area contributed by atoms with Gasteiger partial charge in [0.25, 0.3) is 0 Å². The van der Waals surface area contributed by atoms with Gasteiger partial charge in [0.05, 0.1) is 23.7 Å². The molecule has 0 unspecified atom stereocenters. The third kappa shape index (κ3) is 3.80. The molecule has 5 nitrogen and oxygen atoms in total. The van der Waals surface area contributed by atoms with Gasteiger partial charge in [0.1, 0.15) is 5.00 Å². The van der Waals surface area contributed by atoms with Crippen LogP contribution in [0, 0.1) is 5.41 Å². The molecule has 1 aliphatic heterocycles. The standard InChI is InChI=1S/C19H26N2O3S/c1-19(2)11-13-16(14(22)5-6-20(3)4)18(21-7-9-24-10-8-21)25-17(13)15(23)12-19/h5-6H,7-12H2,1-4H3. The molecule has 0 saturated carbocycles. The van der Waals surface area contributed by atoms with Gasteiger partial charge in [0, 0.05) is 45.9 Å². The van der Waals surface area contributed by atoms with Gasteiger partial charge in [0.2, 0.25) is 0 Å². The monoisotopic (exact) mass is 362 g/mol. The summed E-state index contributed by atoms with van der Waals surface area (Å²) in [6.07, 6.45) is 4.69. The van der Waals surface area contributed by atoms with E-state index in [0.717, 1.165) is 40.5 Å². The fourth-order valence-electron chi connectivity index (χ4n) is 3.45. The van der Waals surface area contributed by atoms with Crippen LogP contribution < -0.4 is 4.90 Å². The van der Waals surface area contributed by atoms with Crippen LogP contribution in [0.15, 0.2) is 12.3 Å². The highest BCUT2D eigenvalue weighted by atomic mass is 32.1. The van der Waals surface area contributed by atoms with Crippen LogP contribution in [-0.2, 0) is 11.2 Å². The van der Waals surface area contributed by atoms with E-state index in [1.165, 1.54) is 11.3 Å². The first-order chi connectivity index (χ1) is 11.8. The number of nitrogens with zero attached hydrogens (tertiary/aromatic N) is 2. The lowest BCUT2D eigenvalue weighted by molar-refractivity contribution is 0.0917. The second-order valence-electron chi connectivity index (χ2n) is 7.77. The molecule has 0 amide bonds. The number of fused-ring (bicyclic) bond motifs is 1. The van der Waals surface area contributed by atoms with Gasteiger partial charge in [-0.3, -0.25) is 9.59 Å². The van der Waals surface area contributed by atoms with E-state index in [2.05, 4.69) is 18.7 Å². The highest BCUT2D eigenvalue weighted by Crippen LogP contribution is 2.45. The summed E-state index contributed by atoms with van der Waals surface area (Å²) in [4.78, 5) is 30.5. The number of ketones is 2. The summed E-state index contributed by atoms with van der Waals surface area (Å²) in [5, 5.41) is 0.938. The van der Waals surface area contributed by atoms with Crippen molar-refractivity contribution in [1.29, 1.82) is 0 Å². The summed E-state index contributed by atoms with van der Waals surface area (Å²) >= 11 is 1.49. The minimum Gasteiger partial charge on any atom is -0.383 e. The van der Waals surface area contributed by atoms with Crippen molar-refractivity contribution in [2.45, 2.75) is 26.7 Å². The molecule has 0 N–H and O–H groups in total. The van der Waals surface area contributed by atoms with E-state index in [9.17, 15) is 9.59 Å². The maximum atomic E-state index is 13.0. The van der Waals surface area contributed by atoms with Crippen LogP contribution in [0.5, 0.6) is 0 Å².